The molecule has 0 aromatic heterocycles. The van der Waals surface area contributed by atoms with Gasteiger partial charge in [0.1, 0.15) is 11.6 Å². The molecule has 4 heteroatoms. The number of hydrogen-bond donors (Lipinski definition) is 1. The summed E-state index contributed by atoms with van der Waals surface area (Å²) in [7, 11) is 0. The average Bonchev–Trinajstić information content (AvgIpc) is 2.16. The molecule has 15 heavy (non-hydrogen) atoms. The van der Waals surface area contributed by atoms with Crippen LogP contribution in [0.25, 0.3) is 0 Å². The second-order valence-electron chi connectivity index (χ2n) is 3.44. The van der Waals surface area contributed by atoms with Crippen molar-refractivity contribution in [3.8, 4) is 0 Å². The fraction of sp³-hybridized carbons (Fsp3) is 0.364. The summed E-state index contributed by atoms with van der Waals surface area (Å²) >= 11 is 0. The quantitative estimate of drug-likeness (QED) is 0.821. The van der Waals surface area contributed by atoms with E-state index in [-0.39, 0.29) is 11.6 Å². The molecule has 82 valence electrons. The summed E-state index contributed by atoms with van der Waals surface area (Å²) in [5.41, 5.74) is 0.00722. The predicted octanol–water partition coefficient (Wildman–Crippen LogP) is 2.49. The molecule has 0 radical (unpaired) electrons. The van der Waals surface area contributed by atoms with Gasteiger partial charge < -0.3 is 5.32 Å². The molecule has 1 aromatic rings. The number of halogens is 2. The molecule has 1 N–H and O–H groups in total. The zero-order chi connectivity index (χ0) is 11.4. The number of amides is 1. The second-order valence-corrected chi connectivity index (χ2v) is 3.44. The van der Waals surface area contributed by atoms with Crippen molar-refractivity contribution in [3.05, 3.63) is 35.4 Å². The van der Waals surface area contributed by atoms with Crippen molar-refractivity contribution in [2.24, 2.45) is 0 Å². The lowest BCUT2D eigenvalue weighted by Crippen LogP contribution is -2.32. The Hall–Kier alpha value is -1.45. The monoisotopic (exact) mass is 213 g/mol. The third-order valence-electron chi connectivity index (χ3n) is 2.11. The summed E-state index contributed by atoms with van der Waals surface area (Å²) < 4.78 is 25.6. The molecule has 0 spiro atoms. The Labute approximate surface area is 87.3 Å². The van der Waals surface area contributed by atoms with Gasteiger partial charge in [-0.2, -0.15) is 0 Å². The van der Waals surface area contributed by atoms with Crippen molar-refractivity contribution in [2.75, 3.05) is 0 Å². The summed E-state index contributed by atoms with van der Waals surface area (Å²) in [5.74, 6) is -1.95. The number of carbonyl (C=O) groups excluding carboxylic acids is 1. The first-order valence-corrected chi connectivity index (χ1v) is 4.80. The van der Waals surface area contributed by atoms with E-state index in [0.717, 1.165) is 24.6 Å². The smallest absolute Gasteiger partial charge is 0.251 e. The van der Waals surface area contributed by atoms with E-state index in [0.29, 0.717) is 0 Å². The molecule has 0 aliphatic rings. The lowest BCUT2D eigenvalue weighted by Gasteiger charge is -2.11. The number of hydrogen-bond acceptors (Lipinski definition) is 1. The van der Waals surface area contributed by atoms with Crippen LogP contribution in [0.2, 0.25) is 0 Å². The Balaban J connectivity index is 2.82. The molecule has 1 amide bonds. The number of carbonyl (C=O) groups is 1. The predicted molar refractivity (Wildman–Crippen MR) is 53.6 cm³/mol. The van der Waals surface area contributed by atoms with Crippen LogP contribution in [-0.4, -0.2) is 11.9 Å². The van der Waals surface area contributed by atoms with Gasteiger partial charge in [-0.1, -0.05) is 6.92 Å². The topological polar surface area (TPSA) is 29.1 Å². The highest BCUT2D eigenvalue weighted by Crippen LogP contribution is 2.08. The maximum Gasteiger partial charge on any atom is 0.251 e. The SMILES string of the molecule is CC[C@@H](C)NC(=O)c1cc(F)cc(F)c1. The minimum atomic E-state index is -0.746. The molecule has 0 fully saturated rings. The third-order valence-corrected chi connectivity index (χ3v) is 2.11. The molecule has 1 aromatic carbocycles. The van der Waals surface area contributed by atoms with Gasteiger partial charge in [-0.25, -0.2) is 8.78 Å². The van der Waals surface area contributed by atoms with Gasteiger partial charge >= 0.3 is 0 Å². The number of rotatable bonds is 3. The van der Waals surface area contributed by atoms with Crippen LogP contribution < -0.4 is 5.32 Å². The Kier molecular flexibility index (Phi) is 3.77. The molecule has 1 rings (SSSR count). The average molecular weight is 213 g/mol. The highest BCUT2D eigenvalue weighted by molar-refractivity contribution is 5.94. The summed E-state index contributed by atoms with van der Waals surface area (Å²) in [4.78, 5) is 11.5. The van der Waals surface area contributed by atoms with Gasteiger partial charge in [-0.3, -0.25) is 4.79 Å². The van der Waals surface area contributed by atoms with Crippen molar-refractivity contribution < 1.29 is 13.6 Å². The van der Waals surface area contributed by atoms with Crippen LogP contribution >= 0.6 is 0 Å². The van der Waals surface area contributed by atoms with E-state index in [1.54, 1.807) is 0 Å². The van der Waals surface area contributed by atoms with Gasteiger partial charge in [0.05, 0.1) is 0 Å². The van der Waals surface area contributed by atoms with E-state index in [4.69, 9.17) is 0 Å². The summed E-state index contributed by atoms with van der Waals surface area (Å²) in [6.07, 6.45) is 0.767. The molecule has 1 atom stereocenters. The van der Waals surface area contributed by atoms with Crippen LogP contribution in [0.15, 0.2) is 18.2 Å². The number of benzene rings is 1. The van der Waals surface area contributed by atoms with Crippen molar-refractivity contribution >= 4 is 5.91 Å². The first kappa shape index (κ1) is 11.6. The second kappa shape index (κ2) is 4.87. The van der Waals surface area contributed by atoms with Crippen molar-refractivity contribution in [1.82, 2.24) is 5.32 Å². The van der Waals surface area contributed by atoms with Crippen molar-refractivity contribution in [1.29, 1.82) is 0 Å². The number of nitrogens with one attached hydrogen (secondary N) is 1. The highest BCUT2D eigenvalue weighted by atomic mass is 19.1. The van der Waals surface area contributed by atoms with E-state index < -0.39 is 17.5 Å². The van der Waals surface area contributed by atoms with E-state index in [2.05, 4.69) is 5.32 Å². The largest absolute Gasteiger partial charge is 0.350 e. The molecular weight excluding hydrogens is 200 g/mol. The van der Waals surface area contributed by atoms with Gasteiger partial charge in [0.25, 0.3) is 5.91 Å². The zero-order valence-corrected chi connectivity index (χ0v) is 8.68. The van der Waals surface area contributed by atoms with Gasteiger partial charge in [-0.05, 0) is 25.5 Å². The van der Waals surface area contributed by atoms with Crippen LogP contribution in [0, 0.1) is 11.6 Å². The van der Waals surface area contributed by atoms with Crippen LogP contribution in [-0.2, 0) is 0 Å². The lowest BCUT2D eigenvalue weighted by atomic mass is 10.1. The molecule has 0 unspecified atom stereocenters. The van der Waals surface area contributed by atoms with Gasteiger partial charge in [-0.15, -0.1) is 0 Å². The summed E-state index contributed by atoms with van der Waals surface area (Å²) in [6, 6.07) is 2.76. The van der Waals surface area contributed by atoms with Crippen LogP contribution in [0.3, 0.4) is 0 Å². The summed E-state index contributed by atoms with van der Waals surface area (Å²) in [5, 5.41) is 2.63. The zero-order valence-electron chi connectivity index (χ0n) is 8.68. The minimum Gasteiger partial charge on any atom is -0.350 e. The fourth-order valence-corrected chi connectivity index (χ4v) is 1.09. The maximum atomic E-state index is 12.8. The molecular formula is C11H13F2NO. The van der Waals surface area contributed by atoms with Crippen LogP contribution in [0.1, 0.15) is 30.6 Å². The lowest BCUT2D eigenvalue weighted by molar-refractivity contribution is 0.0938. The van der Waals surface area contributed by atoms with Crippen LogP contribution in [0.5, 0.6) is 0 Å². The van der Waals surface area contributed by atoms with Gasteiger partial charge in [0.15, 0.2) is 0 Å². The molecule has 0 aliphatic carbocycles. The van der Waals surface area contributed by atoms with Crippen LogP contribution in [0.4, 0.5) is 8.78 Å². The minimum absolute atomic E-state index is 0.00722. The molecule has 0 saturated heterocycles. The van der Waals surface area contributed by atoms with Gasteiger partial charge in [0, 0.05) is 17.7 Å². The van der Waals surface area contributed by atoms with E-state index in [1.807, 2.05) is 13.8 Å². The molecule has 0 saturated carbocycles. The Morgan fingerprint density at radius 3 is 2.33 bits per heavy atom. The Bertz CT molecular complexity index is 345. The first-order valence-electron chi connectivity index (χ1n) is 4.80. The molecule has 0 bridgehead atoms. The van der Waals surface area contributed by atoms with E-state index >= 15 is 0 Å². The third kappa shape index (κ3) is 3.31. The first-order chi connectivity index (χ1) is 7.02. The van der Waals surface area contributed by atoms with Crippen molar-refractivity contribution in [3.63, 3.8) is 0 Å². The molecule has 0 heterocycles. The van der Waals surface area contributed by atoms with Gasteiger partial charge in [0.2, 0.25) is 0 Å². The fourth-order valence-electron chi connectivity index (χ4n) is 1.09. The highest BCUT2D eigenvalue weighted by Gasteiger charge is 2.10. The molecule has 0 aliphatic heterocycles. The summed E-state index contributed by atoms with van der Waals surface area (Å²) in [6.45, 7) is 3.74. The molecule has 2 nitrogen and oxygen atoms in total. The van der Waals surface area contributed by atoms with Crippen molar-refractivity contribution in [2.45, 2.75) is 26.3 Å². The normalized spacial score (nSPS) is 12.3. The Morgan fingerprint density at radius 1 is 1.33 bits per heavy atom. The van der Waals surface area contributed by atoms with E-state index in [9.17, 15) is 13.6 Å². The van der Waals surface area contributed by atoms with E-state index in [1.165, 1.54) is 0 Å². The maximum absolute atomic E-state index is 12.8. The standard InChI is InChI=1S/C11H13F2NO/c1-3-7(2)14-11(15)8-4-9(12)6-10(13)5-8/h4-7H,3H2,1-2H3,(H,14,15)/t7-/m1/s1. The Morgan fingerprint density at radius 2 is 1.87 bits per heavy atom.